The number of hydrogen-bond donors (Lipinski definition) is 0. The average molecular weight is 347 g/mol. The number of benzene rings is 2. The van der Waals surface area contributed by atoms with Gasteiger partial charge in [-0.15, -0.1) is 0 Å². The molecule has 0 saturated carbocycles. The van der Waals surface area contributed by atoms with Gasteiger partial charge >= 0.3 is 0 Å². The van der Waals surface area contributed by atoms with Gasteiger partial charge in [-0.25, -0.2) is 0 Å². The summed E-state index contributed by atoms with van der Waals surface area (Å²) < 4.78 is 5.36. The standard InChI is InChI=1S/C23H25NO2/c25-22(16-20-6-7-23-21(14-20)10-13-26-23)15-18-8-11-24(12-9-18)17-19-4-2-1-3-5-19/h1-7,10,13-14,18H,8-9,11-12,15-17H2. The first-order valence-electron chi connectivity index (χ1n) is 9.50. The molecule has 0 amide bonds. The van der Waals surface area contributed by atoms with Crippen LogP contribution in [0.25, 0.3) is 11.0 Å². The Morgan fingerprint density at radius 3 is 2.62 bits per heavy atom. The van der Waals surface area contributed by atoms with Crippen LogP contribution in [-0.4, -0.2) is 23.8 Å². The summed E-state index contributed by atoms with van der Waals surface area (Å²) in [6.07, 6.45) is 5.19. The number of nitrogens with zero attached hydrogens (tertiary/aromatic N) is 1. The average Bonchev–Trinajstić information content (AvgIpc) is 3.12. The van der Waals surface area contributed by atoms with E-state index < -0.39 is 0 Å². The van der Waals surface area contributed by atoms with Crippen molar-refractivity contribution in [2.24, 2.45) is 5.92 Å². The Hall–Kier alpha value is -2.39. The van der Waals surface area contributed by atoms with E-state index >= 15 is 0 Å². The molecule has 4 rings (SSSR count). The van der Waals surface area contributed by atoms with Gasteiger partial charge in [0.1, 0.15) is 11.4 Å². The fraction of sp³-hybridized carbons (Fsp3) is 0.348. The maximum Gasteiger partial charge on any atom is 0.137 e. The lowest BCUT2D eigenvalue weighted by atomic mass is 9.90. The van der Waals surface area contributed by atoms with Gasteiger partial charge in [0.15, 0.2) is 0 Å². The van der Waals surface area contributed by atoms with Crippen LogP contribution in [-0.2, 0) is 17.8 Å². The van der Waals surface area contributed by atoms with Crippen molar-refractivity contribution in [3.05, 3.63) is 72.0 Å². The molecule has 0 N–H and O–H groups in total. The predicted octanol–water partition coefficient (Wildman–Crippen LogP) is 4.85. The summed E-state index contributed by atoms with van der Waals surface area (Å²) in [5.41, 5.74) is 3.34. The van der Waals surface area contributed by atoms with E-state index in [1.165, 1.54) is 5.56 Å². The summed E-state index contributed by atoms with van der Waals surface area (Å²) >= 11 is 0. The fourth-order valence-electron chi connectivity index (χ4n) is 3.94. The van der Waals surface area contributed by atoms with E-state index in [1.54, 1.807) is 6.26 Å². The molecule has 0 spiro atoms. The first kappa shape index (κ1) is 17.0. The molecule has 1 aliphatic heterocycles. The molecule has 1 fully saturated rings. The van der Waals surface area contributed by atoms with Gasteiger partial charge in [-0.05, 0) is 61.2 Å². The van der Waals surface area contributed by atoms with E-state index in [4.69, 9.17) is 4.42 Å². The van der Waals surface area contributed by atoms with E-state index in [1.807, 2.05) is 18.2 Å². The Kier molecular flexibility index (Phi) is 5.16. The highest BCUT2D eigenvalue weighted by atomic mass is 16.3. The molecule has 2 aromatic carbocycles. The first-order chi connectivity index (χ1) is 12.8. The Morgan fingerprint density at radius 2 is 1.81 bits per heavy atom. The van der Waals surface area contributed by atoms with Gasteiger partial charge in [0, 0.05) is 24.8 Å². The quantitative estimate of drug-likeness (QED) is 0.639. The van der Waals surface area contributed by atoms with Gasteiger partial charge in [-0.2, -0.15) is 0 Å². The third kappa shape index (κ3) is 4.23. The second kappa shape index (κ2) is 7.88. The van der Waals surface area contributed by atoms with E-state index in [9.17, 15) is 4.79 Å². The largest absolute Gasteiger partial charge is 0.464 e. The van der Waals surface area contributed by atoms with Crippen LogP contribution in [0.3, 0.4) is 0 Å². The van der Waals surface area contributed by atoms with E-state index in [2.05, 4.69) is 41.3 Å². The lowest BCUT2D eigenvalue weighted by Crippen LogP contribution is -2.34. The summed E-state index contributed by atoms with van der Waals surface area (Å²) in [6.45, 7) is 3.20. The van der Waals surface area contributed by atoms with Crippen LogP contribution in [0.5, 0.6) is 0 Å². The molecule has 2 heterocycles. The highest BCUT2D eigenvalue weighted by molar-refractivity contribution is 5.84. The van der Waals surface area contributed by atoms with Crippen molar-refractivity contribution < 1.29 is 9.21 Å². The molecule has 134 valence electrons. The molecule has 3 nitrogen and oxygen atoms in total. The van der Waals surface area contributed by atoms with E-state index in [0.29, 0.717) is 24.5 Å². The number of likely N-dealkylation sites (tertiary alicyclic amines) is 1. The lowest BCUT2D eigenvalue weighted by Gasteiger charge is -2.31. The first-order valence-corrected chi connectivity index (χ1v) is 9.50. The third-order valence-electron chi connectivity index (χ3n) is 5.39. The topological polar surface area (TPSA) is 33.5 Å². The van der Waals surface area contributed by atoms with Crippen molar-refractivity contribution in [1.29, 1.82) is 0 Å². The summed E-state index contributed by atoms with van der Waals surface area (Å²) in [6, 6.07) is 18.6. The third-order valence-corrected chi connectivity index (χ3v) is 5.39. The number of piperidine rings is 1. The zero-order valence-corrected chi connectivity index (χ0v) is 15.1. The Balaban J connectivity index is 1.25. The minimum absolute atomic E-state index is 0.356. The van der Waals surface area contributed by atoms with Crippen LogP contribution in [0.15, 0.2) is 65.3 Å². The van der Waals surface area contributed by atoms with Gasteiger partial charge in [0.25, 0.3) is 0 Å². The predicted molar refractivity (Wildman–Crippen MR) is 104 cm³/mol. The molecule has 1 aliphatic rings. The van der Waals surface area contributed by atoms with Crippen LogP contribution in [0.4, 0.5) is 0 Å². The Bertz CT molecular complexity index is 860. The second-order valence-electron chi connectivity index (χ2n) is 7.42. The molecule has 0 radical (unpaired) electrons. The molecule has 1 saturated heterocycles. The molecular formula is C23H25NO2. The molecule has 26 heavy (non-hydrogen) atoms. The van der Waals surface area contributed by atoms with Crippen molar-refractivity contribution in [3.8, 4) is 0 Å². The van der Waals surface area contributed by atoms with Gasteiger partial charge in [-0.3, -0.25) is 9.69 Å². The number of Topliss-reactive ketones (excluding diaryl/α,β-unsaturated/α-hetero) is 1. The van der Waals surface area contributed by atoms with Crippen molar-refractivity contribution in [3.63, 3.8) is 0 Å². The van der Waals surface area contributed by atoms with Crippen LogP contribution in [0.1, 0.15) is 30.4 Å². The molecule has 0 unspecified atom stereocenters. The number of ketones is 1. The molecule has 1 aromatic heterocycles. The highest BCUT2D eigenvalue weighted by Crippen LogP contribution is 2.23. The van der Waals surface area contributed by atoms with E-state index in [-0.39, 0.29) is 0 Å². The van der Waals surface area contributed by atoms with Crippen LogP contribution in [0.2, 0.25) is 0 Å². The molecule has 3 heteroatoms. The normalized spacial score (nSPS) is 16.2. The Morgan fingerprint density at radius 1 is 1.00 bits per heavy atom. The number of carbonyl (C=O) groups excluding carboxylic acids is 1. The highest BCUT2D eigenvalue weighted by Gasteiger charge is 2.21. The van der Waals surface area contributed by atoms with Crippen molar-refractivity contribution in [2.75, 3.05) is 13.1 Å². The van der Waals surface area contributed by atoms with Crippen molar-refractivity contribution in [2.45, 2.75) is 32.2 Å². The number of rotatable bonds is 6. The van der Waals surface area contributed by atoms with Gasteiger partial charge in [-0.1, -0.05) is 36.4 Å². The molecule has 3 aromatic rings. The smallest absolute Gasteiger partial charge is 0.137 e. The molecule has 0 atom stereocenters. The SMILES string of the molecule is O=C(Cc1ccc2occc2c1)CC1CCN(Cc2ccccc2)CC1. The molecule has 0 bridgehead atoms. The number of hydrogen-bond acceptors (Lipinski definition) is 3. The summed E-state index contributed by atoms with van der Waals surface area (Å²) in [5, 5.41) is 1.07. The monoisotopic (exact) mass is 347 g/mol. The minimum Gasteiger partial charge on any atom is -0.464 e. The minimum atomic E-state index is 0.356. The van der Waals surface area contributed by atoms with Crippen LogP contribution in [0, 0.1) is 5.92 Å². The number of fused-ring (bicyclic) bond motifs is 1. The second-order valence-corrected chi connectivity index (χ2v) is 7.42. The maximum atomic E-state index is 12.5. The maximum absolute atomic E-state index is 12.5. The Labute approximate surface area is 154 Å². The summed E-state index contributed by atoms with van der Waals surface area (Å²) in [7, 11) is 0. The zero-order valence-electron chi connectivity index (χ0n) is 15.1. The molecule has 0 aliphatic carbocycles. The zero-order chi connectivity index (χ0) is 17.8. The molecular weight excluding hydrogens is 322 g/mol. The van der Waals surface area contributed by atoms with Crippen LogP contribution >= 0.6 is 0 Å². The van der Waals surface area contributed by atoms with Crippen LogP contribution < -0.4 is 0 Å². The van der Waals surface area contributed by atoms with Gasteiger partial charge in [0.2, 0.25) is 0 Å². The van der Waals surface area contributed by atoms with Gasteiger partial charge in [0.05, 0.1) is 6.26 Å². The fourth-order valence-corrected chi connectivity index (χ4v) is 3.94. The van der Waals surface area contributed by atoms with Crippen molar-refractivity contribution >= 4 is 16.8 Å². The van der Waals surface area contributed by atoms with Crippen molar-refractivity contribution in [1.82, 2.24) is 4.90 Å². The lowest BCUT2D eigenvalue weighted by molar-refractivity contribution is -0.119. The number of carbonyl (C=O) groups is 1. The summed E-state index contributed by atoms with van der Waals surface area (Å²) in [5.74, 6) is 0.890. The number of furan rings is 1. The van der Waals surface area contributed by atoms with E-state index in [0.717, 1.165) is 49.0 Å². The summed E-state index contributed by atoms with van der Waals surface area (Å²) in [4.78, 5) is 15.0. The van der Waals surface area contributed by atoms with Gasteiger partial charge < -0.3 is 4.42 Å².